The van der Waals surface area contributed by atoms with E-state index >= 15 is 0 Å². The third kappa shape index (κ3) is 8.77. The summed E-state index contributed by atoms with van der Waals surface area (Å²) in [5, 5.41) is 0. The number of esters is 1. The van der Waals surface area contributed by atoms with E-state index in [-0.39, 0.29) is 6.42 Å². The maximum Gasteiger partial charge on any atom is 0.391 e. The van der Waals surface area contributed by atoms with E-state index in [1.54, 1.807) is 0 Å². The van der Waals surface area contributed by atoms with Gasteiger partial charge in [0.1, 0.15) is 0 Å². The molecule has 0 saturated carbocycles. The van der Waals surface area contributed by atoms with Gasteiger partial charge in [0.2, 0.25) is 0 Å². The molecular formula is C12H19F3O2. The van der Waals surface area contributed by atoms with E-state index in [0.29, 0.717) is 19.4 Å². The summed E-state index contributed by atoms with van der Waals surface area (Å²) in [5.74, 6) is -1.70. The van der Waals surface area contributed by atoms with Gasteiger partial charge in [-0.05, 0) is 12.8 Å². The minimum Gasteiger partial charge on any atom is -0.463 e. The van der Waals surface area contributed by atoms with Crippen molar-refractivity contribution in [1.82, 2.24) is 0 Å². The van der Waals surface area contributed by atoms with E-state index < -0.39 is 18.1 Å². The van der Waals surface area contributed by atoms with Crippen molar-refractivity contribution >= 4 is 5.97 Å². The van der Waals surface area contributed by atoms with Crippen molar-refractivity contribution in [2.24, 2.45) is 5.92 Å². The van der Waals surface area contributed by atoms with E-state index in [0.717, 1.165) is 18.9 Å². The first-order valence-corrected chi connectivity index (χ1v) is 5.74. The Morgan fingerprint density at radius 1 is 1.29 bits per heavy atom. The molecule has 0 aromatic heterocycles. The van der Waals surface area contributed by atoms with Gasteiger partial charge in [-0.15, -0.1) is 0 Å². The number of halogens is 3. The number of ether oxygens (including phenoxy) is 1. The molecule has 0 saturated heterocycles. The molecule has 2 nitrogen and oxygen atoms in total. The molecule has 0 rings (SSSR count). The van der Waals surface area contributed by atoms with Crippen LogP contribution in [0.3, 0.4) is 0 Å². The fourth-order valence-corrected chi connectivity index (χ4v) is 1.30. The van der Waals surface area contributed by atoms with Gasteiger partial charge in [0.05, 0.1) is 12.5 Å². The smallest absolute Gasteiger partial charge is 0.391 e. The number of rotatable bonds is 8. The molecule has 0 aliphatic heterocycles. The SMILES string of the molecule is C=CC(=O)OCCCCCCC(C)C(F)(F)F. The molecule has 0 aromatic carbocycles. The Bertz CT molecular complexity index is 236. The molecule has 0 bridgehead atoms. The van der Waals surface area contributed by atoms with Gasteiger partial charge in [-0.25, -0.2) is 4.79 Å². The monoisotopic (exact) mass is 252 g/mol. The Labute approximate surface area is 99.8 Å². The van der Waals surface area contributed by atoms with Crippen LogP contribution in [0.25, 0.3) is 0 Å². The Morgan fingerprint density at radius 2 is 1.88 bits per heavy atom. The number of carbonyl (C=O) groups is 1. The molecule has 1 unspecified atom stereocenters. The van der Waals surface area contributed by atoms with E-state index in [4.69, 9.17) is 4.74 Å². The topological polar surface area (TPSA) is 26.3 Å². The third-order valence-electron chi connectivity index (χ3n) is 2.50. The average molecular weight is 252 g/mol. The zero-order chi connectivity index (χ0) is 13.3. The Kier molecular flexibility index (Phi) is 7.66. The highest BCUT2D eigenvalue weighted by Gasteiger charge is 2.34. The second-order valence-electron chi connectivity index (χ2n) is 4.02. The summed E-state index contributed by atoms with van der Waals surface area (Å²) in [6.07, 6.45) is -0.0996. The summed E-state index contributed by atoms with van der Waals surface area (Å²) in [6.45, 7) is 4.76. The van der Waals surface area contributed by atoms with Crippen LogP contribution in [0.1, 0.15) is 39.0 Å². The van der Waals surface area contributed by atoms with Gasteiger partial charge >= 0.3 is 12.1 Å². The highest BCUT2D eigenvalue weighted by molar-refractivity contribution is 5.81. The van der Waals surface area contributed by atoms with Gasteiger partial charge in [-0.1, -0.05) is 32.8 Å². The summed E-state index contributed by atoms with van der Waals surface area (Å²) < 4.78 is 41.2. The van der Waals surface area contributed by atoms with Crippen molar-refractivity contribution < 1.29 is 22.7 Å². The average Bonchev–Trinajstić information content (AvgIpc) is 2.25. The van der Waals surface area contributed by atoms with Crippen LogP contribution in [0.2, 0.25) is 0 Å². The second kappa shape index (κ2) is 8.14. The van der Waals surface area contributed by atoms with Crippen molar-refractivity contribution in [2.75, 3.05) is 6.61 Å². The van der Waals surface area contributed by atoms with Crippen molar-refractivity contribution in [1.29, 1.82) is 0 Å². The molecule has 0 aromatic rings. The maximum atomic E-state index is 12.1. The Balaban J connectivity index is 3.35. The zero-order valence-corrected chi connectivity index (χ0v) is 10.1. The van der Waals surface area contributed by atoms with Crippen molar-refractivity contribution in [2.45, 2.75) is 45.2 Å². The number of hydrogen-bond donors (Lipinski definition) is 0. The molecule has 5 heteroatoms. The van der Waals surface area contributed by atoms with Gasteiger partial charge in [0.25, 0.3) is 0 Å². The highest BCUT2D eigenvalue weighted by Crippen LogP contribution is 2.29. The molecule has 0 N–H and O–H groups in total. The van der Waals surface area contributed by atoms with E-state index in [1.807, 2.05) is 0 Å². The van der Waals surface area contributed by atoms with E-state index in [9.17, 15) is 18.0 Å². The summed E-state index contributed by atoms with van der Waals surface area (Å²) in [4.78, 5) is 10.6. The summed E-state index contributed by atoms with van der Waals surface area (Å²) >= 11 is 0. The lowest BCUT2D eigenvalue weighted by atomic mass is 10.0. The Hall–Kier alpha value is -1.00. The quantitative estimate of drug-likeness (QED) is 0.372. The lowest BCUT2D eigenvalue weighted by molar-refractivity contribution is -0.171. The summed E-state index contributed by atoms with van der Waals surface area (Å²) in [6, 6.07) is 0. The number of alkyl halides is 3. The van der Waals surface area contributed by atoms with Crippen LogP contribution < -0.4 is 0 Å². The molecule has 0 fully saturated rings. The lowest BCUT2D eigenvalue weighted by Crippen LogP contribution is -2.19. The second-order valence-corrected chi connectivity index (χ2v) is 4.02. The number of hydrogen-bond acceptors (Lipinski definition) is 2. The molecule has 0 amide bonds. The van der Waals surface area contributed by atoms with Crippen LogP contribution >= 0.6 is 0 Å². The Morgan fingerprint density at radius 3 is 2.41 bits per heavy atom. The number of unbranched alkanes of at least 4 members (excludes halogenated alkanes) is 3. The fourth-order valence-electron chi connectivity index (χ4n) is 1.30. The summed E-state index contributed by atoms with van der Waals surface area (Å²) in [5.41, 5.74) is 0. The van der Waals surface area contributed by atoms with Gasteiger partial charge in [-0.2, -0.15) is 13.2 Å². The van der Waals surface area contributed by atoms with E-state index in [2.05, 4.69) is 6.58 Å². The molecule has 1 atom stereocenters. The molecule has 0 spiro atoms. The third-order valence-corrected chi connectivity index (χ3v) is 2.50. The van der Waals surface area contributed by atoms with Gasteiger partial charge in [0.15, 0.2) is 0 Å². The highest BCUT2D eigenvalue weighted by atomic mass is 19.4. The van der Waals surface area contributed by atoms with Crippen molar-refractivity contribution in [3.05, 3.63) is 12.7 Å². The standard InChI is InChI=1S/C12H19F3O2/c1-3-11(16)17-9-7-5-4-6-8-10(2)12(13,14)15/h3,10H,1,4-9H2,2H3. The van der Waals surface area contributed by atoms with Gasteiger partial charge < -0.3 is 4.74 Å². The maximum absolute atomic E-state index is 12.1. The minimum absolute atomic E-state index is 0.163. The van der Waals surface area contributed by atoms with Crippen molar-refractivity contribution in [3.63, 3.8) is 0 Å². The van der Waals surface area contributed by atoms with Crippen LogP contribution in [0.5, 0.6) is 0 Å². The van der Waals surface area contributed by atoms with Crippen LogP contribution in [-0.2, 0) is 9.53 Å². The van der Waals surface area contributed by atoms with Crippen molar-refractivity contribution in [3.8, 4) is 0 Å². The molecule has 0 radical (unpaired) electrons. The zero-order valence-electron chi connectivity index (χ0n) is 10.1. The lowest BCUT2D eigenvalue weighted by Gasteiger charge is -2.14. The van der Waals surface area contributed by atoms with Gasteiger partial charge in [0, 0.05) is 6.08 Å². The van der Waals surface area contributed by atoms with Gasteiger partial charge in [-0.3, -0.25) is 0 Å². The predicted molar refractivity (Wildman–Crippen MR) is 59.5 cm³/mol. The first kappa shape index (κ1) is 16.0. The minimum atomic E-state index is -4.08. The molecular weight excluding hydrogens is 233 g/mol. The van der Waals surface area contributed by atoms with Crippen LogP contribution in [0, 0.1) is 5.92 Å². The molecule has 100 valence electrons. The molecule has 0 heterocycles. The largest absolute Gasteiger partial charge is 0.463 e. The first-order chi connectivity index (χ1) is 7.88. The molecule has 0 aliphatic rings. The van der Waals surface area contributed by atoms with E-state index in [1.165, 1.54) is 6.92 Å². The first-order valence-electron chi connectivity index (χ1n) is 5.74. The normalized spacial score (nSPS) is 13.2. The predicted octanol–water partition coefficient (Wildman–Crippen LogP) is 3.86. The summed E-state index contributed by atoms with van der Waals surface area (Å²) in [7, 11) is 0. The van der Waals surface area contributed by atoms with Crippen LogP contribution in [-0.4, -0.2) is 18.8 Å². The number of carbonyl (C=O) groups excluding carboxylic acids is 1. The van der Waals surface area contributed by atoms with Crippen LogP contribution in [0.15, 0.2) is 12.7 Å². The molecule has 17 heavy (non-hydrogen) atoms. The van der Waals surface area contributed by atoms with Crippen LogP contribution in [0.4, 0.5) is 13.2 Å². The molecule has 0 aliphatic carbocycles. The fraction of sp³-hybridized carbons (Fsp3) is 0.750.